The first-order chi connectivity index (χ1) is 14.4. The summed E-state index contributed by atoms with van der Waals surface area (Å²) in [7, 11) is 0. The van der Waals surface area contributed by atoms with Crippen LogP contribution in [-0.4, -0.2) is 39.1 Å². The summed E-state index contributed by atoms with van der Waals surface area (Å²) >= 11 is 0. The first-order valence-electron chi connectivity index (χ1n) is 11.2. The number of carbonyl (C=O) groups is 1. The maximum absolute atomic E-state index is 13.0. The van der Waals surface area contributed by atoms with E-state index in [0.29, 0.717) is 44.2 Å². The van der Waals surface area contributed by atoms with E-state index in [-0.39, 0.29) is 23.4 Å². The lowest BCUT2D eigenvalue weighted by molar-refractivity contribution is -0.117. The van der Waals surface area contributed by atoms with Gasteiger partial charge in [-0.3, -0.25) is 0 Å². The van der Waals surface area contributed by atoms with E-state index in [0.717, 1.165) is 37.7 Å². The molecule has 0 spiro atoms. The van der Waals surface area contributed by atoms with Crippen LogP contribution in [0.4, 0.5) is 4.39 Å². The lowest BCUT2D eigenvalue weighted by Crippen LogP contribution is -2.22. The van der Waals surface area contributed by atoms with Crippen molar-refractivity contribution in [3.8, 4) is 0 Å². The average Bonchev–Trinajstić information content (AvgIpc) is 3.03. The largest absolute Gasteiger partial charge is 0.411 e. The van der Waals surface area contributed by atoms with Gasteiger partial charge in [0.1, 0.15) is 11.6 Å². The molecule has 2 rings (SSSR count). The molecule has 1 aromatic rings. The molecule has 168 valence electrons. The number of aliphatic hydroxyl groups is 2. The van der Waals surface area contributed by atoms with Crippen LogP contribution in [0.15, 0.2) is 29.4 Å². The first kappa shape index (κ1) is 24.5. The van der Waals surface area contributed by atoms with Crippen LogP contribution in [0.2, 0.25) is 0 Å². The molecule has 1 fully saturated rings. The molecule has 0 radical (unpaired) electrons. The minimum Gasteiger partial charge on any atom is -0.411 e. The number of nitrogens with zero attached hydrogens (tertiary/aromatic N) is 1. The van der Waals surface area contributed by atoms with Gasteiger partial charge in [-0.05, 0) is 69.1 Å². The Hall–Kier alpha value is -1.79. The van der Waals surface area contributed by atoms with E-state index >= 15 is 0 Å². The third-order valence-corrected chi connectivity index (χ3v) is 6.29. The van der Waals surface area contributed by atoms with Crippen molar-refractivity contribution in [1.29, 1.82) is 0 Å². The van der Waals surface area contributed by atoms with Crippen molar-refractivity contribution < 1.29 is 24.6 Å². The van der Waals surface area contributed by atoms with Crippen LogP contribution in [0.3, 0.4) is 0 Å². The summed E-state index contributed by atoms with van der Waals surface area (Å²) in [5.41, 5.74) is 1.63. The molecule has 4 atom stereocenters. The van der Waals surface area contributed by atoms with Gasteiger partial charge in [0, 0.05) is 18.8 Å². The van der Waals surface area contributed by atoms with Crippen LogP contribution in [0, 0.1) is 17.7 Å². The molecule has 30 heavy (non-hydrogen) atoms. The summed E-state index contributed by atoms with van der Waals surface area (Å²) in [6.07, 6.45) is 7.33. The Balaban J connectivity index is 1.76. The molecule has 0 aliphatic heterocycles. The highest BCUT2D eigenvalue weighted by Gasteiger charge is 2.39. The van der Waals surface area contributed by atoms with E-state index in [9.17, 15) is 24.6 Å². The maximum atomic E-state index is 13.0. The number of carbonyl (C=O) groups excluding carboxylic acids is 1. The molecular weight excluding hydrogens is 385 g/mol. The molecule has 0 amide bonds. The summed E-state index contributed by atoms with van der Waals surface area (Å²) in [5, 5.41) is 33.6. The Labute approximate surface area is 179 Å². The predicted octanol–water partition coefficient (Wildman–Crippen LogP) is 4.66. The normalized spacial score (nSPS) is 23.7. The van der Waals surface area contributed by atoms with Gasteiger partial charge in [-0.1, -0.05) is 36.6 Å². The van der Waals surface area contributed by atoms with Crippen molar-refractivity contribution in [2.45, 2.75) is 89.8 Å². The number of oxime groups is 1. The first-order valence-corrected chi connectivity index (χ1v) is 11.2. The highest BCUT2D eigenvalue weighted by Crippen LogP contribution is 2.37. The fourth-order valence-corrected chi connectivity index (χ4v) is 4.53. The molecular formula is C24H36FNO4. The minimum atomic E-state index is -0.505. The smallest absolute Gasteiger partial charge is 0.129 e. The van der Waals surface area contributed by atoms with Gasteiger partial charge in [0.15, 0.2) is 0 Å². The number of hydrogen-bond acceptors (Lipinski definition) is 5. The molecule has 1 aliphatic rings. The Kier molecular flexibility index (Phi) is 10.4. The van der Waals surface area contributed by atoms with Gasteiger partial charge in [0.25, 0.3) is 0 Å². The molecule has 1 saturated carbocycles. The van der Waals surface area contributed by atoms with Crippen LogP contribution in [0.25, 0.3) is 0 Å². The summed E-state index contributed by atoms with van der Waals surface area (Å²) in [4.78, 5) is 11.0. The van der Waals surface area contributed by atoms with E-state index < -0.39 is 12.2 Å². The van der Waals surface area contributed by atoms with Crippen molar-refractivity contribution in [3.63, 3.8) is 0 Å². The molecule has 1 aromatic carbocycles. The zero-order valence-electron chi connectivity index (χ0n) is 18.0. The summed E-state index contributed by atoms with van der Waals surface area (Å²) in [5.74, 6) is -0.00133. The van der Waals surface area contributed by atoms with Crippen LogP contribution in [0.5, 0.6) is 0 Å². The summed E-state index contributed by atoms with van der Waals surface area (Å²) in [6.45, 7) is 1.61. The second-order valence-electron chi connectivity index (χ2n) is 8.68. The molecule has 0 aromatic heterocycles. The monoisotopic (exact) mass is 421 g/mol. The number of halogens is 1. The van der Waals surface area contributed by atoms with Gasteiger partial charge in [0.2, 0.25) is 0 Å². The fourth-order valence-electron chi connectivity index (χ4n) is 4.53. The lowest BCUT2D eigenvalue weighted by atomic mass is 9.84. The number of aryl methyl sites for hydroxylation is 1. The van der Waals surface area contributed by atoms with Gasteiger partial charge in [-0.15, -0.1) is 0 Å². The van der Waals surface area contributed by atoms with Crippen LogP contribution in [0.1, 0.15) is 76.7 Å². The van der Waals surface area contributed by atoms with Crippen LogP contribution < -0.4 is 0 Å². The van der Waals surface area contributed by atoms with Gasteiger partial charge < -0.3 is 20.2 Å². The quantitative estimate of drug-likeness (QED) is 0.246. The molecule has 0 bridgehead atoms. The Morgan fingerprint density at radius 2 is 1.83 bits per heavy atom. The van der Waals surface area contributed by atoms with Gasteiger partial charge >= 0.3 is 0 Å². The number of rotatable bonds is 13. The fraction of sp³-hybridized carbons (Fsp3) is 0.667. The molecule has 3 N–H and O–H groups in total. The van der Waals surface area contributed by atoms with E-state index in [4.69, 9.17) is 0 Å². The summed E-state index contributed by atoms with van der Waals surface area (Å²) < 4.78 is 13.0. The topological polar surface area (TPSA) is 90.1 Å². The average molecular weight is 422 g/mol. The molecule has 6 heteroatoms. The highest BCUT2D eigenvalue weighted by atomic mass is 19.1. The number of Topliss-reactive ketones (excluding diaryl/α,β-unsaturated/α-hetero) is 1. The third kappa shape index (κ3) is 8.15. The lowest BCUT2D eigenvalue weighted by Gasteiger charge is -2.23. The molecule has 0 heterocycles. The Bertz CT molecular complexity index is 676. The maximum Gasteiger partial charge on any atom is 0.129 e. The van der Waals surface area contributed by atoms with E-state index in [2.05, 4.69) is 5.16 Å². The number of hydrogen-bond donors (Lipinski definition) is 3. The SMILES string of the molecule is CC(=O)CCCCCCC1C(O)C/C(=N\O)C1CCC(O)CCc1ccc(F)cc1. The van der Waals surface area contributed by atoms with Crippen LogP contribution in [-0.2, 0) is 11.2 Å². The zero-order chi connectivity index (χ0) is 21.9. The molecule has 1 aliphatic carbocycles. The molecule has 4 unspecified atom stereocenters. The van der Waals surface area contributed by atoms with E-state index in [1.165, 1.54) is 12.1 Å². The standard InChI is InChI=1S/C24H36FNO4/c1-17(27)6-4-2-3-5-7-22-21(23(26-30)16-24(22)29)15-14-20(28)13-10-18-8-11-19(25)12-9-18/h8-9,11-12,20-22,24,28-30H,2-7,10,13-16H2,1H3/b26-23+. The number of aliphatic hydroxyl groups excluding tert-OH is 2. The van der Waals surface area contributed by atoms with Crippen LogP contribution >= 0.6 is 0 Å². The van der Waals surface area contributed by atoms with Gasteiger partial charge in [0.05, 0.1) is 17.9 Å². The molecule has 5 nitrogen and oxygen atoms in total. The van der Waals surface area contributed by atoms with Crippen molar-refractivity contribution >= 4 is 11.5 Å². The zero-order valence-corrected chi connectivity index (χ0v) is 18.0. The predicted molar refractivity (Wildman–Crippen MR) is 115 cm³/mol. The minimum absolute atomic E-state index is 0.0114. The van der Waals surface area contributed by atoms with Gasteiger partial charge in [-0.2, -0.15) is 0 Å². The number of ketones is 1. The van der Waals surface area contributed by atoms with E-state index in [1.54, 1.807) is 19.1 Å². The Morgan fingerprint density at radius 1 is 1.13 bits per heavy atom. The Morgan fingerprint density at radius 3 is 2.50 bits per heavy atom. The second kappa shape index (κ2) is 12.8. The van der Waals surface area contributed by atoms with Crippen molar-refractivity contribution in [3.05, 3.63) is 35.6 Å². The highest BCUT2D eigenvalue weighted by molar-refractivity contribution is 5.89. The second-order valence-corrected chi connectivity index (χ2v) is 8.68. The van der Waals surface area contributed by atoms with Gasteiger partial charge in [-0.25, -0.2) is 4.39 Å². The van der Waals surface area contributed by atoms with Crippen molar-refractivity contribution in [2.75, 3.05) is 0 Å². The number of unbranched alkanes of at least 4 members (excludes halogenated alkanes) is 3. The van der Waals surface area contributed by atoms with Crippen molar-refractivity contribution in [2.24, 2.45) is 17.0 Å². The van der Waals surface area contributed by atoms with Crippen molar-refractivity contribution in [1.82, 2.24) is 0 Å². The van der Waals surface area contributed by atoms with E-state index in [1.807, 2.05) is 0 Å². The number of benzene rings is 1. The third-order valence-electron chi connectivity index (χ3n) is 6.29. The molecule has 0 saturated heterocycles. The summed E-state index contributed by atoms with van der Waals surface area (Å²) in [6, 6.07) is 6.32.